The molecule has 1 heterocycles. The summed E-state index contributed by atoms with van der Waals surface area (Å²) in [6, 6.07) is 11.7. The summed E-state index contributed by atoms with van der Waals surface area (Å²) < 4.78 is 18.0. The van der Waals surface area contributed by atoms with Crippen LogP contribution in [-0.4, -0.2) is 53.7 Å². The molecule has 31 heavy (non-hydrogen) atoms. The van der Waals surface area contributed by atoms with E-state index in [0.29, 0.717) is 42.4 Å². The second kappa shape index (κ2) is 10.5. The summed E-state index contributed by atoms with van der Waals surface area (Å²) in [5.74, 6) is 1.07. The van der Waals surface area contributed by atoms with E-state index in [0.717, 1.165) is 12.0 Å². The molecule has 0 atom stereocenters. The molecule has 3 rings (SSSR count). The Morgan fingerprint density at radius 3 is 2.26 bits per heavy atom. The third-order valence-electron chi connectivity index (χ3n) is 5.10. The molecule has 0 aliphatic rings. The second-order valence-electron chi connectivity index (χ2n) is 6.94. The van der Waals surface area contributed by atoms with Gasteiger partial charge in [-0.25, -0.2) is 0 Å². The van der Waals surface area contributed by atoms with Crippen molar-refractivity contribution >= 4 is 5.91 Å². The van der Waals surface area contributed by atoms with Crippen LogP contribution in [0.4, 0.5) is 0 Å². The largest absolute Gasteiger partial charge is 0.493 e. The van der Waals surface area contributed by atoms with Gasteiger partial charge in [-0.3, -0.25) is 9.48 Å². The number of aryl methyl sites for hydroxylation is 1. The first-order chi connectivity index (χ1) is 15.1. The minimum Gasteiger partial charge on any atom is -0.493 e. The van der Waals surface area contributed by atoms with Crippen molar-refractivity contribution < 1.29 is 19.0 Å². The van der Waals surface area contributed by atoms with Crippen LogP contribution in [-0.2, 0) is 19.5 Å². The first-order valence-corrected chi connectivity index (χ1v) is 10.1. The van der Waals surface area contributed by atoms with Crippen molar-refractivity contribution in [1.29, 1.82) is 0 Å². The highest BCUT2D eigenvalue weighted by molar-refractivity contribution is 5.98. The third kappa shape index (κ3) is 5.14. The number of aromatic nitrogens is 3. The first-order valence-electron chi connectivity index (χ1n) is 10.1. The summed E-state index contributed by atoms with van der Waals surface area (Å²) in [5, 5.41) is 7.84. The van der Waals surface area contributed by atoms with Gasteiger partial charge in [0.25, 0.3) is 5.91 Å². The molecule has 0 saturated heterocycles. The number of benzene rings is 2. The number of ether oxygens (including phenoxy) is 3. The van der Waals surface area contributed by atoms with Crippen LogP contribution in [0.15, 0.2) is 48.8 Å². The molecule has 0 N–H and O–H groups in total. The van der Waals surface area contributed by atoms with Crippen molar-refractivity contribution in [2.75, 3.05) is 27.9 Å². The Hall–Kier alpha value is -3.55. The van der Waals surface area contributed by atoms with Crippen LogP contribution < -0.4 is 14.2 Å². The van der Waals surface area contributed by atoms with E-state index in [4.69, 9.17) is 14.2 Å². The SMILES string of the molecule is CCc1ccc(CN(CCn2ccnn2)C(=O)c2ccc(OC)c(OC)c2OC)cc1. The lowest BCUT2D eigenvalue weighted by molar-refractivity contribution is 0.0731. The molecule has 1 amide bonds. The Morgan fingerprint density at radius 2 is 1.68 bits per heavy atom. The van der Waals surface area contributed by atoms with Crippen LogP contribution in [0, 0.1) is 0 Å². The summed E-state index contributed by atoms with van der Waals surface area (Å²) in [5.41, 5.74) is 2.71. The van der Waals surface area contributed by atoms with Crippen molar-refractivity contribution in [2.24, 2.45) is 0 Å². The Kier molecular flexibility index (Phi) is 7.48. The number of methoxy groups -OCH3 is 3. The van der Waals surface area contributed by atoms with Gasteiger partial charge in [0.2, 0.25) is 5.75 Å². The molecule has 164 valence electrons. The zero-order chi connectivity index (χ0) is 22.2. The van der Waals surface area contributed by atoms with Crippen molar-refractivity contribution in [1.82, 2.24) is 19.9 Å². The van der Waals surface area contributed by atoms with Crippen molar-refractivity contribution in [2.45, 2.75) is 26.4 Å². The molecule has 0 radical (unpaired) electrons. The fraction of sp³-hybridized carbons (Fsp3) is 0.348. The molecule has 0 unspecified atom stereocenters. The Labute approximate surface area is 182 Å². The van der Waals surface area contributed by atoms with Gasteiger partial charge in [0.15, 0.2) is 11.5 Å². The predicted molar refractivity (Wildman–Crippen MR) is 117 cm³/mol. The highest BCUT2D eigenvalue weighted by Gasteiger charge is 2.25. The Bertz CT molecular complexity index is 988. The maximum Gasteiger partial charge on any atom is 0.258 e. The average Bonchev–Trinajstić information content (AvgIpc) is 3.34. The van der Waals surface area contributed by atoms with E-state index in [1.807, 2.05) is 0 Å². The van der Waals surface area contributed by atoms with Crippen LogP contribution in [0.3, 0.4) is 0 Å². The summed E-state index contributed by atoms with van der Waals surface area (Å²) in [6.45, 7) is 3.55. The second-order valence-corrected chi connectivity index (χ2v) is 6.94. The van der Waals surface area contributed by atoms with Crippen molar-refractivity contribution in [3.05, 3.63) is 65.5 Å². The van der Waals surface area contributed by atoms with Gasteiger partial charge in [0.05, 0.1) is 39.6 Å². The highest BCUT2D eigenvalue weighted by atomic mass is 16.5. The molecule has 8 nitrogen and oxygen atoms in total. The van der Waals surface area contributed by atoms with Gasteiger partial charge in [0.1, 0.15) is 0 Å². The van der Waals surface area contributed by atoms with Crippen molar-refractivity contribution in [3.63, 3.8) is 0 Å². The van der Waals surface area contributed by atoms with E-state index in [1.165, 1.54) is 19.8 Å². The number of carbonyl (C=O) groups is 1. The van der Waals surface area contributed by atoms with Gasteiger partial charge in [0, 0.05) is 19.3 Å². The number of hydrogen-bond acceptors (Lipinski definition) is 6. The quantitative estimate of drug-likeness (QED) is 0.497. The van der Waals surface area contributed by atoms with E-state index >= 15 is 0 Å². The predicted octanol–water partition coefficient (Wildman–Crippen LogP) is 3.21. The Morgan fingerprint density at radius 1 is 0.968 bits per heavy atom. The van der Waals surface area contributed by atoms with Crippen LogP contribution in [0.2, 0.25) is 0 Å². The molecule has 2 aromatic carbocycles. The lowest BCUT2D eigenvalue weighted by atomic mass is 10.1. The molecule has 0 aliphatic heterocycles. The molecular weight excluding hydrogens is 396 g/mol. The zero-order valence-electron chi connectivity index (χ0n) is 18.4. The molecule has 0 bridgehead atoms. The van der Waals surface area contributed by atoms with Gasteiger partial charge in [-0.1, -0.05) is 36.4 Å². The average molecular weight is 425 g/mol. The van der Waals surface area contributed by atoms with Gasteiger partial charge in [-0.15, -0.1) is 5.10 Å². The van der Waals surface area contributed by atoms with E-state index in [2.05, 4.69) is 41.5 Å². The van der Waals surface area contributed by atoms with Crippen LogP contribution in [0.5, 0.6) is 17.2 Å². The fourth-order valence-electron chi connectivity index (χ4n) is 3.37. The minimum absolute atomic E-state index is 0.169. The van der Waals surface area contributed by atoms with Gasteiger partial charge < -0.3 is 19.1 Å². The monoisotopic (exact) mass is 424 g/mol. The first kappa shape index (κ1) is 22.1. The van der Waals surface area contributed by atoms with Crippen LogP contribution in [0.1, 0.15) is 28.4 Å². The number of rotatable bonds is 10. The van der Waals surface area contributed by atoms with Crippen molar-refractivity contribution in [3.8, 4) is 17.2 Å². The van der Waals surface area contributed by atoms with Gasteiger partial charge >= 0.3 is 0 Å². The van der Waals surface area contributed by atoms with E-state index in [9.17, 15) is 4.79 Å². The molecular formula is C23H28N4O4. The number of hydrogen-bond donors (Lipinski definition) is 0. The van der Waals surface area contributed by atoms with E-state index in [1.54, 1.807) is 41.2 Å². The van der Waals surface area contributed by atoms with E-state index in [-0.39, 0.29) is 5.91 Å². The standard InChI is InChI=1S/C23H28N4O4/c1-5-17-6-8-18(9-7-17)16-26(14-15-27-13-12-24-25-27)23(28)19-10-11-20(29-2)22(31-4)21(19)30-3/h6-13H,5,14-16H2,1-4H3. The summed E-state index contributed by atoms with van der Waals surface area (Å²) in [6.07, 6.45) is 4.36. The summed E-state index contributed by atoms with van der Waals surface area (Å²) in [7, 11) is 4.58. The van der Waals surface area contributed by atoms with Crippen LogP contribution in [0.25, 0.3) is 0 Å². The molecule has 0 aliphatic carbocycles. The fourth-order valence-corrected chi connectivity index (χ4v) is 3.37. The molecule has 0 fully saturated rings. The highest BCUT2D eigenvalue weighted by Crippen LogP contribution is 2.40. The maximum absolute atomic E-state index is 13.6. The number of nitrogens with zero attached hydrogens (tertiary/aromatic N) is 4. The summed E-state index contributed by atoms with van der Waals surface area (Å²) in [4.78, 5) is 15.4. The molecule has 1 aromatic heterocycles. The third-order valence-corrected chi connectivity index (χ3v) is 5.10. The minimum atomic E-state index is -0.169. The lowest BCUT2D eigenvalue weighted by Crippen LogP contribution is -2.34. The zero-order valence-corrected chi connectivity index (χ0v) is 18.4. The number of carbonyl (C=O) groups excluding carboxylic acids is 1. The molecule has 8 heteroatoms. The van der Waals surface area contributed by atoms with E-state index < -0.39 is 0 Å². The molecule has 0 spiro atoms. The number of amides is 1. The molecule has 3 aromatic rings. The summed E-state index contributed by atoms with van der Waals surface area (Å²) >= 11 is 0. The Balaban J connectivity index is 1.92. The van der Waals surface area contributed by atoms with Crippen LogP contribution >= 0.6 is 0 Å². The topological polar surface area (TPSA) is 78.7 Å². The van der Waals surface area contributed by atoms with Gasteiger partial charge in [-0.2, -0.15) is 0 Å². The maximum atomic E-state index is 13.6. The molecule has 0 saturated carbocycles. The van der Waals surface area contributed by atoms with Gasteiger partial charge in [-0.05, 0) is 29.7 Å². The lowest BCUT2D eigenvalue weighted by Gasteiger charge is -2.25. The normalized spacial score (nSPS) is 10.6. The smallest absolute Gasteiger partial charge is 0.258 e.